The Morgan fingerprint density at radius 2 is 2.04 bits per heavy atom. The van der Waals surface area contributed by atoms with Crippen LogP contribution in [-0.2, 0) is 23.0 Å². The Morgan fingerprint density at radius 1 is 1.23 bits per heavy atom. The van der Waals surface area contributed by atoms with Gasteiger partial charge in [-0.25, -0.2) is 4.79 Å². The van der Waals surface area contributed by atoms with Crippen LogP contribution in [0.5, 0.6) is 5.75 Å². The van der Waals surface area contributed by atoms with Gasteiger partial charge in [-0.05, 0) is 59.6 Å². The highest BCUT2D eigenvalue weighted by atomic mass is 16.5. The summed E-state index contributed by atoms with van der Waals surface area (Å²) in [6, 6.07) is 11.4. The molecule has 0 saturated heterocycles. The van der Waals surface area contributed by atoms with Gasteiger partial charge in [0.25, 0.3) is 0 Å². The zero-order chi connectivity index (χ0) is 18.7. The number of hydrogen-bond acceptors (Lipinski definition) is 3. The molecule has 0 aliphatic heterocycles. The molecule has 134 valence electrons. The van der Waals surface area contributed by atoms with Gasteiger partial charge in [0.05, 0.1) is 7.11 Å². The Morgan fingerprint density at radius 3 is 2.77 bits per heavy atom. The molecule has 0 aromatic heterocycles. The van der Waals surface area contributed by atoms with Crippen LogP contribution in [0.25, 0.3) is 0 Å². The quantitative estimate of drug-likeness (QED) is 0.647. The number of carbonyl (C=O) groups is 1. The van der Waals surface area contributed by atoms with Crippen molar-refractivity contribution >= 4 is 5.97 Å². The van der Waals surface area contributed by atoms with Gasteiger partial charge in [0.15, 0.2) is 0 Å². The number of esters is 1. The third-order valence-electron chi connectivity index (χ3n) is 5.08. The van der Waals surface area contributed by atoms with E-state index in [4.69, 9.17) is 0 Å². The lowest BCUT2D eigenvalue weighted by molar-refractivity contribution is 0.0597. The average Bonchev–Trinajstić information content (AvgIpc) is 2.61. The largest absolute Gasteiger partial charge is 0.507 e. The first-order chi connectivity index (χ1) is 12.4. The number of phenols is 1. The maximum Gasteiger partial charge on any atom is 0.341 e. The van der Waals surface area contributed by atoms with Crippen LogP contribution < -0.4 is 0 Å². The normalized spacial score (nSPS) is 14.7. The van der Waals surface area contributed by atoms with Crippen LogP contribution in [0.2, 0.25) is 0 Å². The fraction of sp³-hybridized carbons (Fsp3) is 0.348. The first-order valence-corrected chi connectivity index (χ1v) is 8.93. The molecule has 2 aromatic rings. The highest BCUT2D eigenvalue weighted by Gasteiger charge is 2.27. The van der Waals surface area contributed by atoms with E-state index in [1.165, 1.54) is 48.8 Å². The molecule has 0 amide bonds. The zero-order valence-corrected chi connectivity index (χ0v) is 15.6. The molecule has 2 aromatic carbocycles. The second-order valence-electron chi connectivity index (χ2n) is 7.43. The molecule has 0 saturated carbocycles. The summed E-state index contributed by atoms with van der Waals surface area (Å²) < 4.78 is 4.62. The van der Waals surface area contributed by atoms with Gasteiger partial charge in [-0.3, -0.25) is 0 Å². The monoisotopic (exact) mass is 348 g/mol. The van der Waals surface area contributed by atoms with E-state index in [2.05, 4.69) is 48.6 Å². The van der Waals surface area contributed by atoms with Gasteiger partial charge in [-0.15, -0.1) is 0 Å². The number of aromatic hydroxyl groups is 1. The van der Waals surface area contributed by atoms with Crippen molar-refractivity contribution in [1.29, 1.82) is 0 Å². The van der Waals surface area contributed by atoms with Crippen molar-refractivity contribution < 1.29 is 14.6 Å². The number of benzene rings is 2. The SMILES string of the molecule is COC(=O)c1ccc(C#CCc2ccc3c(c2)C(C)(C)CCC3)cc1O. The molecular formula is C23H24O3. The summed E-state index contributed by atoms with van der Waals surface area (Å²) in [6.07, 6.45) is 4.30. The molecule has 3 nitrogen and oxygen atoms in total. The van der Waals surface area contributed by atoms with Crippen molar-refractivity contribution in [3.8, 4) is 17.6 Å². The molecule has 0 heterocycles. The van der Waals surface area contributed by atoms with Crippen LogP contribution in [0.4, 0.5) is 0 Å². The predicted molar refractivity (Wildman–Crippen MR) is 102 cm³/mol. The second kappa shape index (κ2) is 7.25. The van der Waals surface area contributed by atoms with Gasteiger partial charge in [0, 0.05) is 12.0 Å². The van der Waals surface area contributed by atoms with Gasteiger partial charge in [-0.1, -0.05) is 43.9 Å². The Labute approximate surface area is 155 Å². The fourth-order valence-electron chi connectivity index (χ4n) is 3.58. The van der Waals surface area contributed by atoms with Crippen LogP contribution in [0, 0.1) is 11.8 Å². The van der Waals surface area contributed by atoms with Crippen LogP contribution in [0.1, 0.15) is 59.3 Å². The summed E-state index contributed by atoms with van der Waals surface area (Å²) in [4.78, 5) is 11.5. The second-order valence-corrected chi connectivity index (χ2v) is 7.43. The summed E-state index contributed by atoms with van der Waals surface area (Å²) in [6.45, 7) is 4.62. The van der Waals surface area contributed by atoms with Gasteiger partial charge in [0.1, 0.15) is 11.3 Å². The van der Waals surface area contributed by atoms with E-state index >= 15 is 0 Å². The van der Waals surface area contributed by atoms with Gasteiger partial charge in [-0.2, -0.15) is 0 Å². The Hall–Kier alpha value is -2.73. The molecule has 0 spiro atoms. The molecule has 0 fully saturated rings. The summed E-state index contributed by atoms with van der Waals surface area (Å²) in [5, 5.41) is 9.93. The number of ether oxygens (including phenoxy) is 1. The number of aryl methyl sites for hydroxylation is 1. The number of methoxy groups -OCH3 is 1. The Kier molecular flexibility index (Phi) is 5.04. The van der Waals surface area contributed by atoms with Crippen LogP contribution in [0.3, 0.4) is 0 Å². The Balaban J connectivity index is 1.77. The van der Waals surface area contributed by atoms with Crippen molar-refractivity contribution in [3.63, 3.8) is 0 Å². The van der Waals surface area contributed by atoms with Crippen molar-refractivity contribution in [2.24, 2.45) is 0 Å². The maximum atomic E-state index is 11.5. The lowest BCUT2D eigenvalue weighted by Gasteiger charge is -2.32. The van der Waals surface area contributed by atoms with E-state index in [9.17, 15) is 9.90 Å². The number of carbonyl (C=O) groups excluding carboxylic acids is 1. The minimum absolute atomic E-state index is 0.112. The van der Waals surface area contributed by atoms with Crippen LogP contribution in [0.15, 0.2) is 36.4 Å². The molecule has 1 N–H and O–H groups in total. The molecule has 26 heavy (non-hydrogen) atoms. The molecule has 0 atom stereocenters. The lowest BCUT2D eigenvalue weighted by Crippen LogP contribution is -2.23. The lowest BCUT2D eigenvalue weighted by atomic mass is 9.72. The van der Waals surface area contributed by atoms with E-state index in [0.29, 0.717) is 12.0 Å². The van der Waals surface area contributed by atoms with E-state index in [0.717, 1.165) is 6.42 Å². The summed E-state index contributed by atoms with van der Waals surface area (Å²) in [5.74, 6) is 5.55. The average molecular weight is 348 g/mol. The van der Waals surface area contributed by atoms with E-state index < -0.39 is 5.97 Å². The first kappa shape index (κ1) is 18.1. The smallest absolute Gasteiger partial charge is 0.341 e. The van der Waals surface area contributed by atoms with Crippen molar-refractivity contribution in [2.45, 2.75) is 44.9 Å². The maximum absolute atomic E-state index is 11.5. The molecular weight excluding hydrogens is 324 g/mol. The molecule has 3 heteroatoms. The van der Waals surface area contributed by atoms with Gasteiger partial charge in [0.2, 0.25) is 0 Å². The molecule has 0 bridgehead atoms. The predicted octanol–water partition coefficient (Wildman–Crippen LogP) is 4.39. The highest BCUT2D eigenvalue weighted by Crippen LogP contribution is 2.37. The minimum Gasteiger partial charge on any atom is -0.507 e. The first-order valence-electron chi connectivity index (χ1n) is 8.93. The standard InChI is InChI=1S/C23H24O3/c1-23(2)13-5-8-18-11-9-16(14-20(18)23)6-4-7-17-10-12-19(21(24)15-17)22(25)26-3/h9-12,14-15,24H,5-6,8,13H2,1-3H3. The Bertz CT molecular complexity index is 897. The van der Waals surface area contributed by atoms with Crippen molar-refractivity contribution in [1.82, 2.24) is 0 Å². The molecule has 0 radical (unpaired) electrons. The topological polar surface area (TPSA) is 46.5 Å². The molecule has 1 aliphatic rings. The summed E-state index contributed by atoms with van der Waals surface area (Å²) in [5.41, 5.74) is 5.17. The van der Waals surface area contributed by atoms with E-state index in [1.807, 2.05) is 0 Å². The highest BCUT2D eigenvalue weighted by molar-refractivity contribution is 5.92. The van der Waals surface area contributed by atoms with Gasteiger partial charge >= 0.3 is 5.97 Å². The number of phenolic OH excluding ortho intramolecular Hbond substituents is 1. The third-order valence-corrected chi connectivity index (χ3v) is 5.08. The summed E-state index contributed by atoms with van der Waals surface area (Å²) in [7, 11) is 1.29. The van der Waals surface area contributed by atoms with Gasteiger partial charge < -0.3 is 9.84 Å². The number of rotatable bonds is 2. The zero-order valence-electron chi connectivity index (χ0n) is 15.6. The third kappa shape index (κ3) is 3.75. The molecule has 0 unspecified atom stereocenters. The van der Waals surface area contributed by atoms with Crippen LogP contribution >= 0.6 is 0 Å². The molecule has 1 aliphatic carbocycles. The fourth-order valence-corrected chi connectivity index (χ4v) is 3.58. The number of fused-ring (bicyclic) bond motifs is 1. The molecule has 3 rings (SSSR count). The number of hydrogen-bond donors (Lipinski definition) is 1. The summed E-state index contributed by atoms with van der Waals surface area (Å²) >= 11 is 0. The van der Waals surface area contributed by atoms with Crippen molar-refractivity contribution in [2.75, 3.05) is 7.11 Å². The van der Waals surface area contributed by atoms with E-state index in [-0.39, 0.29) is 16.7 Å². The minimum atomic E-state index is -0.557. The van der Waals surface area contributed by atoms with E-state index in [1.54, 1.807) is 6.07 Å². The van der Waals surface area contributed by atoms with Crippen molar-refractivity contribution in [3.05, 3.63) is 64.2 Å². The van der Waals surface area contributed by atoms with Crippen LogP contribution in [-0.4, -0.2) is 18.2 Å².